The first kappa shape index (κ1) is 22.1. The number of ether oxygens (including phenoxy) is 3. The summed E-state index contributed by atoms with van der Waals surface area (Å²) in [6, 6.07) is 0. The molecule has 1 rings (SSSR count). The molecule has 0 atom stereocenters. The second-order valence-electron chi connectivity index (χ2n) is 2.88. The van der Waals surface area contributed by atoms with Gasteiger partial charge in [-0.1, -0.05) is 0 Å². The van der Waals surface area contributed by atoms with E-state index in [2.05, 4.69) is 0 Å². The van der Waals surface area contributed by atoms with E-state index in [9.17, 15) is 0 Å². The predicted molar refractivity (Wildman–Crippen MR) is 65.5 cm³/mol. The molecule has 4 heteroatoms. The molecule has 0 aliphatic carbocycles. The fraction of sp³-hybridized carbons (Fsp3) is 1.00. The van der Waals surface area contributed by atoms with E-state index in [4.69, 9.17) is 14.2 Å². The Hall–Kier alpha value is 0.880. The van der Waals surface area contributed by atoms with Gasteiger partial charge in [0.25, 0.3) is 0 Å². The van der Waals surface area contributed by atoms with Crippen LogP contribution in [0.25, 0.3) is 0 Å². The molecule has 1 aliphatic heterocycles. The first-order chi connectivity index (χ1) is 7.33. The van der Waals surface area contributed by atoms with Gasteiger partial charge in [-0.2, -0.15) is 0 Å². The number of rotatable bonds is 4. The van der Waals surface area contributed by atoms with Crippen LogP contribution in [0.1, 0.15) is 42.0 Å². The van der Waals surface area contributed by atoms with E-state index in [1.807, 2.05) is 27.7 Å². The minimum absolute atomic E-state index is 0. The van der Waals surface area contributed by atoms with Crippen LogP contribution in [0.5, 0.6) is 0 Å². The number of hydrogen-bond acceptors (Lipinski definition) is 3. The average Bonchev–Trinajstić information content (AvgIpc) is 2.79. The maximum atomic E-state index is 4.94. The quantitative estimate of drug-likeness (QED) is 0.652. The molecule has 0 spiro atoms. The molecule has 3 nitrogen and oxygen atoms in total. The van der Waals surface area contributed by atoms with Gasteiger partial charge in [0.15, 0.2) is 0 Å². The van der Waals surface area contributed by atoms with E-state index in [0.717, 1.165) is 39.6 Å². The molecule has 1 heterocycles. The molecule has 0 aromatic carbocycles. The predicted octanol–water partition coefficient (Wildman–Crippen LogP) is -0.00110. The topological polar surface area (TPSA) is 27.7 Å². The summed E-state index contributed by atoms with van der Waals surface area (Å²) in [7, 11) is 0. The molecule has 0 N–H and O–H groups in total. The summed E-state index contributed by atoms with van der Waals surface area (Å²) in [5.74, 6) is 0. The van der Waals surface area contributed by atoms with Crippen molar-refractivity contribution in [2.45, 2.75) is 40.5 Å². The largest absolute Gasteiger partial charge is 1.00 e. The van der Waals surface area contributed by atoms with Crippen molar-refractivity contribution in [2.75, 3.05) is 39.6 Å². The van der Waals surface area contributed by atoms with Crippen LogP contribution < -0.4 is 29.6 Å². The molecule has 0 aromatic heterocycles. The molecule has 0 saturated carbocycles. The Morgan fingerprint density at radius 3 is 1.19 bits per heavy atom. The van der Waals surface area contributed by atoms with E-state index < -0.39 is 0 Å². The molecule has 16 heavy (non-hydrogen) atoms. The zero-order valence-corrected chi connectivity index (χ0v) is 13.9. The van der Waals surface area contributed by atoms with Gasteiger partial charge < -0.3 is 15.6 Å². The first-order valence-corrected chi connectivity index (χ1v) is 6.06. The minimum atomic E-state index is 0. The molecule has 0 amide bonds. The Morgan fingerprint density at radius 1 is 0.812 bits per heavy atom. The van der Waals surface area contributed by atoms with Crippen molar-refractivity contribution < 1.29 is 45.2 Å². The Bertz CT molecular complexity index is 76.2. The zero-order valence-electron chi connectivity index (χ0n) is 12.9. The summed E-state index contributed by atoms with van der Waals surface area (Å²) in [6.07, 6.45) is 2.56. The Balaban J connectivity index is -0.0000000704. The molecular weight excluding hydrogens is 215 g/mol. The Morgan fingerprint density at radius 2 is 1.12 bits per heavy atom. The van der Waals surface area contributed by atoms with Crippen molar-refractivity contribution in [3.63, 3.8) is 0 Å². The van der Waals surface area contributed by atoms with Gasteiger partial charge in [0, 0.05) is 39.6 Å². The molecule has 0 bridgehead atoms. The van der Waals surface area contributed by atoms with Crippen molar-refractivity contribution in [1.29, 1.82) is 0 Å². The SMILES string of the molecule is C1CCOC1.CCOCC.CCOCC.[H-].[Na+]. The maximum Gasteiger partial charge on any atom is 1.00 e. The van der Waals surface area contributed by atoms with Gasteiger partial charge in [0.05, 0.1) is 0 Å². The van der Waals surface area contributed by atoms with E-state index >= 15 is 0 Å². The van der Waals surface area contributed by atoms with E-state index in [0.29, 0.717) is 0 Å². The molecule has 1 saturated heterocycles. The summed E-state index contributed by atoms with van der Waals surface area (Å²) in [6.45, 7) is 13.3. The summed E-state index contributed by atoms with van der Waals surface area (Å²) in [5.41, 5.74) is 0. The first-order valence-electron chi connectivity index (χ1n) is 6.06. The smallest absolute Gasteiger partial charge is 1.00 e. The molecule has 0 unspecified atom stereocenters. The van der Waals surface area contributed by atoms with Gasteiger partial charge in [0.2, 0.25) is 0 Å². The van der Waals surface area contributed by atoms with E-state index in [1.54, 1.807) is 0 Å². The fourth-order valence-electron chi connectivity index (χ4n) is 0.919. The summed E-state index contributed by atoms with van der Waals surface area (Å²) in [5, 5.41) is 0. The minimum Gasteiger partial charge on any atom is -1.00 e. The summed E-state index contributed by atoms with van der Waals surface area (Å²) < 4.78 is 14.6. The van der Waals surface area contributed by atoms with Crippen LogP contribution in [-0.4, -0.2) is 39.6 Å². The van der Waals surface area contributed by atoms with E-state index in [1.165, 1.54) is 12.8 Å². The third kappa shape index (κ3) is 29.4. The van der Waals surface area contributed by atoms with Gasteiger partial charge in [-0.25, -0.2) is 0 Å². The van der Waals surface area contributed by atoms with Crippen LogP contribution in [0.2, 0.25) is 0 Å². The monoisotopic (exact) mass is 244 g/mol. The Kier molecular flexibility index (Phi) is 34.4. The average molecular weight is 244 g/mol. The fourth-order valence-corrected chi connectivity index (χ4v) is 0.919. The summed E-state index contributed by atoms with van der Waals surface area (Å²) in [4.78, 5) is 0. The van der Waals surface area contributed by atoms with Gasteiger partial charge in [-0.05, 0) is 40.5 Å². The van der Waals surface area contributed by atoms with Crippen molar-refractivity contribution >= 4 is 0 Å². The molecule has 96 valence electrons. The van der Waals surface area contributed by atoms with Crippen LogP contribution in [-0.2, 0) is 14.2 Å². The molecule has 0 aromatic rings. The second-order valence-corrected chi connectivity index (χ2v) is 2.88. The van der Waals surface area contributed by atoms with Crippen LogP contribution >= 0.6 is 0 Å². The van der Waals surface area contributed by atoms with Crippen molar-refractivity contribution in [3.8, 4) is 0 Å². The van der Waals surface area contributed by atoms with Gasteiger partial charge in [-0.15, -0.1) is 0 Å². The third-order valence-corrected chi connectivity index (χ3v) is 1.64. The molecular formula is C12H29NaO3. The zero-order chi connectivity index (χ0) is 11.8. The normalized spacial score (nSPS) is 12.8. The third-order valence-electron chi connectivity index (χ3n) is 1.64. The standard InChI is InChI=1S/C4H8O.2C4H10O.Na.H/c1-2-4-5-3-1;2*1-3-5-4-2;;/h1-4H2;2*3-4H2,1-2H3;;/q;;;+1;-1. The van der Waals surface area contributed by atoms with Gasteiger partial charge >= 0.3 is 29.6 Å². The van der Waals surface area contributed by atoms with Crippen molar-refractivity contribution in [1.82, 2.24) is 0 Å². The summed E-state index contributed by atoms with van der Waals surface area (Å²) >= 11 is 0. The van der Waals surface area contributed by atoms with Crippen LogP contribution in [0, 0.1) is 0 Å². The van der Waals surface area contributed by atoms with Crippen LogP contribution in [0.3, 0.4) is 0 Å². The van der Waals surface area contributed by atoms with Gasteiger partial charge in [-0.3, -0.25) is 0 Å². The number of hydrogen-bond donors (Lipinski definition) is 0. The Labute approximate surface area is 125 Å². The van der Waals surface area contributed by atoms with Crippen molar-refractivity contribution in [3.05, 3.63) is 0 Å². The maximum absolute atomic E-state index is 4.94. The second kappa shape index (κ2) is 24.9. The van der Waals surface area contributed by atoms with Crippen LogP contribution in [0.15, 0.2) is 0 Å². The van der Waals surface area contributed by atoms with Crippen LogP contribution in [0.4, 0.5) is 0 Å². The van der Waals surface area contributed by atoms with E-state index in [-0.39, 0.29) is 31.0 Å². The molecule has 1 aliphatic rings. The van der Waals surface area contributed by atoms with Crippen molar-refractivity contribution in [2.24, 2.45) is 0 Å². The molecule has 0 radical (unpaired) electrons. The van der Waals surface area contributed by atoms with Gasteiger partial charge in [0.1, 0.15) is 0 Å². The molecule has 1 fully saturated rings.